The van der Waals surface area contributed by atoms with Gasteiger partial charge in [0, 0.05) is 29.5 Å². The first-order valence-corrected chi connectivity index (χ1v) is 9.03. The topological polar surface area (TPSA) is 84.2 Å². The molecule has 116 valence electrons. The van der Waals surface area contributed by atoms with E-state index < -0.39 is 10.0 Å². The molecule has 0 atom stereocenters. The van der Waals surface area contributed by atoms with Gasteiger partial charge in [0.2, 0.25) is 10.0 Å². The van der Waals surface area contributed by atoms with E-state index in [4.69, 9.17) is 0 Å². The summed E-state index contributed by atoms with van der Waals surface area (Å²) >= 11 is 1.50. The molecule has 0 amide bonds. The molecule has 0 aliphatic carbocycles. The lowest BCUT2D eigenvalue weighted by Gasteiger charge is -2.02. The fourth-order valence-corrected chi connectivity index (χ4v) is 3.88. The summed E-state index contributed by atoms with van der Waals surface area (Å²) in [5.74, 6) is 0. The van der Waals surface area contributed by atoms with Crippen LogP contribution in [0.4, 0.5) is 0 Å². The third-order valence-corrected chi connectivity index (χ3v) is 5.65. The zero-order valence-corrected chi connectivity index (χ0v) is 13.7. The largest absolute Gasteiger partial charge is 0.390 e. The Morgan fingerprint density at radius 1 is 1.43 bits per heavy atom. The van der Waals surface area contributed by atoms with E-state index in [-0.39, 0.29) is 18.0 Å². The number of aliphatic hydroxyl groups excluding tert-OH is 1. The lowest BCUT2D eigenvalue weighted by atomic mass is 10.4. The smallest absolute Gasteiger partial charge is 0.242 e. The Balaban J connectivity index is 2.12. The Kier molecular flexibility index (Phi) is 5.15. The van der Waals surface area contributed by atoms with Gasteiger partial charge in [0.25, 0.3) is 0 Å². The molecule has 0 unspecified atom stereocenters. The average molecular weight is 329 g/mol. The van der Waals surface area contributed by atoms with Crippen molar-refractivity contribution in [2.75, 3.05) is 0 Å². The molecule has 2 N–H and O–H groups in total. The van der Waals surface area contributed by atoms with Gasteiger partial charge in [-0.1, -0.05) is 6.92 Å². The van der Waals surface area contributed by atoms with Gasteiger partial charge in [-0.3, -0.25) is 0 Å². The maximum Gasteiger partial charge on any atom is 0.242 e. The molecular weight excluding hydrogens is 310 g/mol. The van der Waals surface area contributed by atoms with Gasteiger partial charge in [0.15, 0.2) is 0 Å². The summed E-state index contributed by atoms with van der Waals surface area (Å²) in [5.41, 5.74) is 0.584. The highest BCUT2D eigenvalue weighted by Gasteiger charge is 2.18. The number of rotatable bonds is 7. The molecule has 0 aliphatic rings. The number of nitrogens with zero attached hydrogens (tertiary/aromatic N) is 2. The molecule has 0 fully saturated rings. The van der Waals surface area contributed by atoms with E-state index in [1.807, 2.05) is 13.8 Å². The van der Waals surface area contributed by atoms with Gasteiger partial charge in [-0.15, -0.1) is 11.3 Å². The van der Waals surface area contributed by atoms with Crippen molar-refractivity contribution in [3.63, 3.8) is 0 Å². The number of sulfonamides is 1. The van der Waals surface area contributed by atoms with E-state index in [2.05, 4.69) is 9.71 Å². The molecule has 2 rings (SSSR count). The lowest BCUT2D eigenvalue weighted by Crippen LogP contribution is -2.22. The molecule has 6 nitrogen and oxygen atoms in total. The number of aryl methyl sites for hydroxylation is 2. The van der Waals surface area contributed by atoms with Crippen LogP contribution >= 0.6 is 11.3 Å². The normalized spacial score (nSPS) is 12.0. The molecule has 0 saturated heterocycles. The Labute approximate surface area is 128 Å². The Morgan fingerprint density at radius 3 is 2.71 bits per heavy atom. The third-order valence-electron chi connectivity index (χ3n) is 3.14. The Bertz CT molecular complexity index is 683. The molecule has 0 bridgehead atoms. The second-order valence-corrected chi connectivity index (χ2v) is 7.48. The van der Waals surface area contributed by atoms with E-state index in [0.717, 1.165) is 16.3 Å². The summed E-state index contributed by atoms with van der Waals surface area (Å²) in [6.45, 7) is 4.53. The highest BCUT2D eigenvalue weighted by atomic mass is 32.2. The van der Waals surface area contributed by atoms with Crippen molar-refractivity contribution in [1.29, 1.82) is 0 Å². The van der Waals surface area contributed by atoms with Crippen LogP contribution in [0.15, 0.2) is 23.4 Å². The van der Waals surface area contributed by atoms with E-state index >= 15 is 0 Å². The van der Waals surface area contributed by atoms with Crippen molar-refractivity contribution in [3.8, 4) is 0 Å². The van der Waals surface area contributed by atoms with Gasteiger partial charge in [-0.05, 0) is 19.4 Å². The van der Waals surface area contributed by atoms with Crippen molar-refractivity contribution < 1.29 is 13.5 Å². The minimum absolute atomic E-state index is 0.167. The van der Waals surface area contributed by atoms with Crippen molar-refractivity contribution >= 4 is 21.4 Å². The summed E-state index contributed by atoms with van der Waals surface area (Å²) in [6, 6.07) is 1.49. The van der Waals surface area contributed by atoms with Crippen LogP contribution in [0.5, 0.6) is 0 Å². The number of aromatic nitrogens is 2. The first-order valence-electron chi connectivity index (χ1n) is 6.73. The van der Waals surface area contributed by atoms with Crippen LogP contribution in [-0.4, -0.2) is 23.1 Å². The molecule has 0 spiro atoms. The van der Waals surface area contributed by atoms with Crippen LogP contribution in [-0.2, 0) is 36.1 Å². The van der Waals surface area contributed by atoms with Gasteiger partial charge < -0.3 is 9.67 Å². The quantitative estimate of drug-likeness (QED) is 0.806. The summed E-state index contributed by atoms with van der Waals surface area (Å²) in [4.78, 5) is 5.48. The van der Waals surface area contributed by atoms with E-state index in [1.54, 1.807) is 10.8 Å². The van der Waals surface area contributed by atoms with Crippen molar-refractivity contribution in [2.45, 2.75) is 44.9 Å². The molecule has 8 heteroatoms. The standard InChI is InChI=1S/C13H19N3O3S2/c1-3-11-6-14-13(20-11)7-15-21(18,19)12-5-10(9-17)16(4-2)8-12/h5-6,8,15,17H,3-4,7,9H2,1-2H3. The van der Waals surface area contributed by atoms with Gasteiger partial charge in [-0.25, -0.2) is 18.1 Å². The molecule has 0 radical (unpaired) electrons. The number of hydrogen-bond donors (Lipinski definition) is 2. The Morgan fingerprint density at radius 2 is 2.19 bits per heavy atom. The summed E-state index contributed by atoms with van der Waals surface area (Å²) in [5, 5.41) is 9.97. The molecule has 0 aliphatic heterocycles. The third kappa shape index (κ3) is 3.70. The number of hydrogen-bond acceptors (Lipinski definition) is 5. The number of aliphatic hydroxyl groups is 1. The van der Waals surface area contributed by atoms with Crippen molar-refractivity contribution in [3.05, 3.63) is 34.0 Å². The fraction of sp³-hybridized carbons (Fsp3) is 0.462. The molecule has 0 saturated carbocycles. The first kappa shape index (κ1) is 16.2. The number of thiazole rings is 1. The van der Waals surface area contributed by atoms with Gasteiger partial charge >= 0.3 is 0 Å². The van der Waals surface area contributed by atoms with Crippen LogP contribution in [0.1, 0.15) is 29.4 Å². The van der Waals surface area contributed by atoms with Crippen LogP contribution in [0.3, 0.4) is 0 Å². The fourth-order valence-electron chi connectivity index (χ4n) is 1.93. The second kappa shape index (κ2) is 6.69. The van der Waals surface area contributed by atoms with Crippen molar-refractivity contribution in [1.82, 2.24) is 14.3 Å². The molecule has 0 aromatic carbocycles. The zero-order valence-electron chi connectivity index (χ0n) is 12.0. The first-order chi connectivity index (χ1) is 10.00. The highest BCUT2D eigenvalue weighted by molar-refractivity contribution is 7.89. The monoisotopic (exact) mass is 329 g/mol. The molecular formula is C13H19N3O3S2. The second-order valence-electron chi connectivity index (χ2n) is 4.51. The predicted octanol–water partition coefficient (Wildman–Crippen LogP) is 1.50. The van der Waals surface area contributed by atoms with Crippen LogP contribution in [0.2, 0.25) is 0 Å². The van der Waals surface area contributed by atoms with Crippen LogP contribution in [0, 0.1) is 0 Å². The summed E-state index contributed by atoms with van der Waals surface area (Å²) in [6.07, 6.45) is 4.20. The van der Waals surface area contributed by atoms with Gasteiger partial charge in [-0.2, -0.15) is 0 Å². The van der Waals surface area contributed by atoms with E-state index in [9.17, 15) is 13.5 Å². The van der Waals surface area contributed by atoms with Gasteiger partial charge in [0.05, 0.1) is 18.0 Å². The maximum atomic E-state index is 12.3. The van der Waals surface area contributed by atoms with E-state index in [1.165, 1.54) is 23.6 Å². The zero-order chi connectivity index (χ0) is 15.5. The molecule has 2 heterocycles. The van der Waals surface area contributed by atoms with Crippen molar-refractivity contribution in [2.24, 2.45) is 0 Å². The molecule has 2 aromatic rings. The number of nitrogens with one attached hydrogen (secondary N) is 1. The van der Waals surface area contributed by atoms with E-state index in [0.29, 0.717) is 12.2 Å². The minimum Gasteiger partial charge on any atom is -0.390 e. The molecule has 21 heavy (non-hydrogen) atoms. The van der Waals surface area contributed by atoms with Crippen LogP contribution < -0.4 is 4.72 Å². The van der Waals surface area contributed by atoms with Crippen LogP contribution in [0.25, 0.3) is 0 Å². The maximum absolute atomic E-state index is 12.3. The summed E-state index contributed by atoms with van der Waals surface area (Å²) < 4.78 is 28.8. The SMILES string of the molecule is CCc1cnc(CNS(=O)(=O)c2cc(CO)n(CC)c2)s1. The van der Waals surface area contributed by atoms with Gasteiger partial charge in [0.1, 0.15) is 5.01 Å². The molecule has 2 aromatic heterocycles. The minimum atomic E-state index is -3.59. The lowest BCUT2D eigenvalue weighted by molar-refractivity contribution is 0.271. The Hall–Kier alpha value is -1.22. The average Bonchev–Trinajstić information content (AvgIpc) is 3.11. The predicted molar refractivity (Wildman–Crippen MR) is 81.5 cm³/mol. The highest BCUT2D eigenvalue weighted by Crippen LogP contribution is 2.17. The summed E-state index contributed by atoms with van der Waals surface area (Å²) in [7, 11) is -3.59.